The molecule has 0 bridgehead atoms. The van der Waals surface area contributed by atoms with Crippen LogP contribution in [0.4, 0.5) is 4.39 Å². The fourth-order valence-electron chi connectivity index (χ4n) is 2.13. The molecular weight excluding hydrogens is 454 g/mol. The molecule has 0 aromatic heterocycles. The van der Waals surface area contributed by atoms with E-state index in [1.54, 1.807) is 18.2 Å². The molecule has 0 spiro atoms. The van der Waals surface area contributed by atoms with Gasteiger partial charge in [-0.15, -0.1) is 4.83 Å². The van der Waals surface area contributed by atoms with Crippen molar-refractivity contribution in [3.63, 3.8) is 0 Å². The molecule has 0 unspecified atom stereocenters. The van der Waals surface area contributed by atoms with E-state index in [2.05, 4.69) is 0 Å². The van der Waals surface area contributed by atoms with Gasteiger partial charge >= 0.3 is 0 Å². The van der Waals surface area contributed by atoms with E-state index in [-0.39, 0.29) is 9.23 Å². The monoisotopic (exact) mass is 462 g/mol. The number of hydrogen-bond donors (Lipinski definition) is 1. The number of sulfonamides is 1. The summed E-state index contributed by atoms with van der Waals surface area (Å²) in [5, 5.41) is 1.35. The number of nitrogens with zero attached hydrogens (tertiary/aromatic N) is 1. The number of thioether (sulfide) groups is 1. The third kappa shape index (κ3) is 4.34. The molecule has 1 fully saturated rings. The van der Waals surface area contributed by atoms with E-state index < -0.39 is 26.6 Å². The third-order valence-electron chi connectivity index (χ3n) is 3.37. The van der Waals surface area contributed by atoms with Crippen LogP contribution in [0.15, 0.2) is 52.3 Å². The first-order chi connectivity index (χ1) is 12.7. The Balaban J connectivity index is 1.87. The summed E-state index contributed by atoms with van der Waals surface area (Å²) in [4.78, 5) is 14.1. The largest absolute Gasteiger partial charge is 0.281 e. The Morgan fingerprint density at radius 1 is 1.15 bits per heavy atom. The minimum absolute atomic E-state index is 0.0359. The van der Waals surface area contributed by atoms with Crippen LogP contribution in [-0.4, -0.2) is 23.7 Å². The van der Waals surface area contributed by atoms with Crippen molar-refractivity contribution in [3.05, 3.63) is 68.8 Å². The summed E-state index contributed by atoms with van der Waals surface area (Å²) < 4.78 is 38.5. The summed E-state index contributed by atoms with van der Waals surface area (Å²) in [5.74, 6) is -1.63. The fourth-order valence-corrected chi connectivity index (χ4v) is 4.83. The lowest BCUT2D eigenvalue weighted by molar-refractivity contribution is -0.123. The number of thiocarbonyl (C=S) groups is 1. The van der Waals surface area contributed by atoms with Crippen LogP contribution >= 0.6 is 47.2 Å². The first-order valence-corrected chi connectivity index (χ1v) is 10.7. The molecular formula is C16H9Cl2FN2O3S3. The van der Waals surface area contributed by atoms with Crippen LogP contribution in [0.3, 0.4) is 0 Å². The molecule has 1 aliphatic heterocycles. The smallest absolute Gasteiger partial charge is 0.267 e. The summed E-state index contributed by atoms with van der Waals surface area (Å²) in [6.45, 7) is 0. The second-order valence-electron chi connectivity index (χ2n) is 5.22. The van der Waals surface area contributed by atoms with Crippen molar-refractivity contribution < 1.29 is 17.6 Å². The minimum atomic E-state index is -4.34. The summed E-state index contributed by atoms with van der Waals surface area (Å²) in [6.07, 6.45) is 1.50. The van der Waals surface area contributed by atoms with Gasteiger partial charge in [0, 0.05) is 0 Å². The van der Waals surface area contributed by atoms with Crippen LogP contribution in [-0.2, 0) is 14.8 Å². The summed E-state index contributed by atoms with van der Waals surface area (Å²) in [7, 11) is -4.34. The van der Waals surface area contributed by atoms with Gasteiger partial charge in [0.25, 0.3) is 15.9 Å². The number of carbonyl (C=O) groups is 1. The molecule has 1 amide bonds. The number of amides is 1. The van der Waals surface area contributed by atoms with Gasteiger partial charge in [0.2, 0.25) is 0 Å². The Hall–Kier alpha value is -1.49. The van der Waals surface area contributed by atoms with Crippen LogP contribution in [0.2, 0.25) is 10.0 Å². The van der Waals surface area contributed by atoms with E-state index in [1.807, 2.05) is 4.83 Å². The standard InChI is InChI=1S/C16H9Cl2FN2O3S3/c17-10-6-5-9(7-11(10)18)8-13-15(22)21(16(25)26-13)20-27(23,24)14-4-2-1-3-12(14)19/h1-8,20H. The first kappa shape index (κ1) is 20.2. The number of halogens is 3. The number of hydrogen-bond acceptors (Lipinski definition) is 5. The summed E-state index contributed by atoms with van der Waals surface area (Å²) in [6, 6.07) is 9.57. The molecule has 11 heteroatoms. The van der Waals surface area contributed by atoms with E-state index in [1.165, 1.54) is 18.2 Å². The zero-order valence-corrected chi connectivity index (χ0v) is 17.1. The topological polar surface area (TPSA) is 66.5 Å². The maximum Gasteiger partial charge on any atom is 0.281 e. The second kappa shape index (κ2) is 7.86. The third-order valence-corrected chi connectivity index (χ3v) is 6.75. The van der Waals surface area contributed by atoms with Crippen LogP contribution in [0, 0.1) is 5.82 Å². The van der Waals surface area contributed by atoms with E-state index in [0.717, 1.165) is 23.9 Å². The molecule has 1 saturated heterocycles. The normalized spacial score (nSPS) is 16.4. The van der Waals surface area contributed by atoms with Crippen molar-refractivity contribution in [1.29, 1.82) is 0 Å². The molecule has 3 rings (SSSR count). The molecule has 2 aromatic rings. The van der Waals surface area contributed by atoms with E-state index in [0.29, 0.717) is 20.6 Å². The lowest BCUT2D eigenvalue weighted by Crippen LogP contribution is -2.44. The molecule has 5 nitrogen and oxygen atoms in total. The molecule has 27 heavy (non-hydrogen) atoms. The van der Waals surface area contributed by atoms with Crippen molar-refractivity contribution in [1.82, 2.24) is 9.84 Å². The van der Waals surface area contributed by atoms with Crippen LogP contribution in [0.25, 0.3) is 6.08 Å². The maximum absolute atomic E-state index is 13.8. The van der Waals surface area contributed by atoms with Crippen LogP contribution in [0.5, 0.6) is 0 Å². The number of nitrogens with one attached hydrogen (secondary N) is 1. The van der Waals surface area contributed by atoms with Gasteiger partial charge in [-0.25, -0.2) is 17.8 Å². The van der Waals surface area contributed by atoms with E-state index >= 15 is 0 Å². The van der Waals surface area contributed by atoms with Gasteiger partial charge in [0.1, 0.15) is 10.7 Å². The van der Waals surface area contributed by atoms with E-state index in [9.17, 15) is 17.6 Å². The molecule has 1 aliphatic rings. The molecule has 1 heterocycles. The average molecular weight is 463 g/mol. The lowest BCUT2D eigenvalue weighted by Gasteiger charge is -2.16. The highest BCUT2D eigenvalue weighted by molar-refractivity contribution is 8.26. The fraction of sp³-hybridized carbons (Fsp3) is 0. The Morgan fingerprint density at radius 3 is 2.52 bits per heavy atom. The van der Waals surface area contributed by atoms with Crippen LogP contribution in [0.1, 0.15) is 5.56 Å². The maximum atomic E-state index is 13.8. The molecule has 140 valence electrons. The Kier molecular flexibility index (Phi) is 5.90. The average Bonchev–Trinajstić information content (AvgIpc) is 2.85. The van der Waals surface area contributed by atoms with Crippen molar-refractivity contribution in [2.75, 3.05) is 0 Å². The summed E-state index contributed by atoms with van der Waals surface area (Å²) in [5.41, 5.74) is 0.585. The Bertz CT molecular complexity index is 1090. The van der Waals surface area contributed by atoms with Gasteiger partial charge in [-0.1, -0.05) is 65.4 Å². The molecule has 0 radical (unpaired) electrons. The zero-order valence-electron chi connectivity index (χ0n) is 13.1. The van der Waals surface area contributed by atoms with Gasteiger partial charge in [-0.3, -0.25) is 4.79 Å². The second-order valence-corrected chi connectivity index (χ2v) is 9.34. The van der Waals surface area contributed by atoms with Crippen LogP contribution < -0.4 is 4.83 Å². The molecule has 0 saturated carbocycles. The zero-order chi connectivity index (χ0) is 19.8. The molecule has 0 atom stereocenters. The van der Waals surface area contributed by atoms with Gasteiger partial charge in [-0.05, 0) is 35.9 Å². The van der Waals surface area contributed by atoms with Crippen molar-refractivity contribution in [3.8, 4) is 0 Å². The Labute approximate surface area is 174 Å². The highest BCUT2D eigenvalue weighted by Crippen LogP contribution is 2.33. The molecule has 2 aromatic carbocycles. The van der Waals surface area contributed by atoms with Crippen molar-refractivity contribution in [2.45, 2.75) is 4.90 Å². The quantitative estimate of drug-likeness (QED) is 0.543. The number of benzene rings is 2. The van der Waals surface area contributed by atoms with E-state index in [4.69, 9.17) is 35.4 Å². The van der Waals surface area contributed by atoms with Crippen molar-refractivity contribution >= 4 is 73.5 Å². The predicted molar refractivity (Wildman–Crippen MR) is 108 cm³/mol. The van der Waals surface area contributed by atoms with Gasteiger partial charge < -0.3 is 0 Å². The highest BCUT2D eigenvalue weighted by atomic mass is 35.5. The van der Waals surface area contributed by atoms with Gasteiger partial charge in [0.15, 0.2) is 4.32 Å². The van der Waals surface area contributed by atoms with Gasteiger partial charge in [-0.2, -0.15) is 0 Å². The molecule has 0 aliphatic carbocycles. The summed E-state index contributed by atoms with van der Waals surface area (Å²) >= 11 is 17.8. The number of rotatable bonds is 4. The minimum Gasteiger partial charge on any atom is -0.267 e. The molecule has 1 N–H and O–H groups in total. The van der Waals surface area contributed by atoms with Crippen molar-refractivity contribution in [2.24, 2.45) is 0 Å². The number of carbonyl (C=O) groups excluding carboxylic acids is 1. The SMILES string of the molecule is O=C1C(=Cc2ccc(Cl)c(Cl)c2)SC(=S)N1NS(=O)(=O)c1ccccc1F. The lowest BCUT2D eigenvalue weighted by atomic mass is 10.2. The Morgan fingerprint density at radius 2 is 1.85 bits per heavy atom. The first-order valence-electron chi connectivity index (χ1n) is 7.19. The van der Waals surface area contributed by atoms with Gasteiger partial charge in [0.05, 0.1) is 15.0 Å². The highest BCUT2D eigenvalue weighted by Gasteiger charge is 2.36. The predicted octanol–water partition coefficient (Wildman–Crippen LogP) is 4.23. The number of hydrazine groups is 1.